The Morgan fingerprint density at radius 1 is 1.18 bits per heavy atom. The number of hydrogen-bond acceptors (Lipinski definition) is 4. The van der Waals surface area contributed by atoms with Crippen LogP contribution in [0.2, 0.25) is 0 Å². The smallest absolute Gasteiger partial charge is 0.332 e. The average Bonchev–Trinajstić information content (AvgIpc) is 2.87. The molecule has 0 saturated carbocycles. The lowest BCUT2D eigenvalue weighted by Gasteiger charge is -2.10. The van der Waals surface area contributed by atoms with Crippen LogP contribution in [0.5, 0.6) is 0 Å². The molecule has 2 aromatic rings. The molecule has 0 spiro atoms. The number of rotatable bonds is 1. The molecule has 8 heteroatoms. The summed E-state index contributed by atoms with van der Waals surface area (Å²) in [5.74, 6) is 0. The summed E-state index contributed by atoms with van der Waals surface area (Å²) in [6, 6.07) is 0. The number of nitrogens with one attached hydrogen (secondary N) is 3. The molecule has 3 N–H and O–H groups in total. The van der Waals surface area contributed by atoms with Crippen molar-refractivity contribution in [3.05, 3.63) is 31.3 Å². The Labute approximate surface area is 93.2 Å². The first-order chi connectivity index (χ1) is 8.16. The van der Waals surface area contributed by atoms with Gasteiger partial charge in [0.05, 0.1) is 0 Å². The lowest BCUT2D eigenvalue weighted by Crippen LogP contribution is -2.38. The van der Waals surface area contributed by atoms with Gasteiger partial charge in [0, 0.05) is 6.61 Å². The minimum Gasteiger partial charge on any atom is -0.358 e. The van der Waals surface area contributed by atoms with E-state index in [2.05, 4.69) is 15.0 Å². The van der Waals surface area contributed by atoms with Gasteiger partial charge in [-0.25, -0.2) is 14.2 Å². The van der Waals surface area contributed by atoms with E-state index >= 15 is 0 Å². The topological polar surface area (TPSA) is 113 Å². The average molecular weight is 238 g/mol. The van der Waals surface area contributed by atoms with Gasteiger partial charge in [0.1, 0.15) is 11.9 Å². The number of H-pyrrole nitrogens is 3. The molecule has 17 heavy (non-hydrogen) atoms. The van der Waals surface area contributed by atoms with Gasteiger partial charge in [-0.05, 0) is 12.8 Å². The summed E-state index contributed by atoms with van der Waals surface area (Å²) >= 11 is 0. The van der Waals surface area contributed by atoms with E-state index < -0.39 is 23.2 Å². The summed E-state index contributed by atoms with van der Waals surface area (Å²) in [4.78, 5) is 42.0. The molecular formula is C9H10N4O4. The molecule has 90 valence electrons. The molecule has 1 aliphatic heterocycles. The molecule has 0 amide bonds. The van der Waals surface area contributed by atoms with E-state index in [0.29, 0.717) is 13.0 Å². The lowest BCUT2D eigenvalue weighted by atomic mass is 10.3. The zero-order valence-corrected chi connectivity index (χ0v) is 8.78. The molecule has 1 aliphatic rings. The summed E-state index contributed by atoms with van der Waals surface area (Å²) < 4.78 is 6.30. The molecule has 1 atom stereocenters. The highest BCUT2D eigenvalue weighted by atomic mass is 16.5. The number of aromatic amines is 3. The second-order valence-electron chi connectivity index (χ2n) is 3.90. The van der Waals surface area contributed by atoms with Crippen molar-refractivity contribution >= 4 is 11.2 Å². The first-order valence-electron chi connectivity index (χ1n) is 5.25. The van der Waals surface area contributed by atoms with Crippen LogP contribution in [0.4, 0.5) is 0 Å². The highest BCUT2D eigenvalue weighted by Gasteiger charge is 2.22. The first kappa shape index (κ1) is 10.1. The van der Waals surface area contributed by atoms with Crippen LogP contribution in [-0.4, -0.2) is 26.1 Å². The third kappa shape index (κ3) is 1.45. The molecule has 0 bridgehead atoms. The number of hydrogen-bond donors (Lipinski definition) is 3. The predicted molar refractivity (Wildman–Crippen MR) is 58.0 cm³/mol. The molecule has 0 aromatic carbocycles. The van der Waals surface area contributed by atoms with Crippen molar-refractivity contribution in [3.8, 4) is 0 Å². The van der Waals surface area contributed by atoms with Crippen molar-refractivity contribution in [2.75, 3.05) is 6.61 Å². The standard InChI is InChI=1S/C9H10N4O4/c14-7-5-6(11-8(15)10-5)12-9(16)13(7)4-2-1-3-17-4/h4H,1-3H2,(H,12,16)(H2,10,11,15). The van der Waals surface area contributed by atoms with Crippen LogP contribution < -0.4 is 16.9 Å². The van der Waals surface area contributed by atoms with E-state index in [-0.39, 0.29) is 11.2 Å². The molecular weight excluding hydrogens is 228 g/mol. The van der Waals surface area contributed by atoms with E-state index in [1.807, 2.05) is 0 Å². The van der Waals surface area contributed by atoms with Crippen LogP contribution >= 0.6 is 0 Å². The van der Waals surface area contributed by atoms with Gasteiger partial charge in [0.15, 0.2) is 5.52 Å². The SMILES string of the molecule is O=c1[nH]c2[nH]c(=O)n(C3CCCO3)c(=O)c2[nH]1. The summed E-state index contributed by atoms with van der Waals surface area (Å²) in [6.45, 7) is 0.526. The van der Waals surface area contributed by atoms with E-state index in [4.69, 9.17) is 4.74 Å². The van der Waals surface area contributed by atoms with Gasteiger partial charge in [-0.1, -0.05) is 0 Å². The Morgan fingerprint density at radius 2 is 2.00 bits per heavy atom. The Kier molecular flexibility index (Phi) is 2.05. The van der Waals surface area contributed by atoms with E-state index in [1.54, 1.807) is 0 Å². The molecule has 0 radical (unpaired) electrons. The van der Waals surface area contributed by atoms with Crippen LogP contribution in [0.25, 0.3) is 11.2 Å². The molecule has 3 rings (SSSR count). The highest BCUT2D eigenvalue weighted by Crippen LogP contribution is 2.19. The summed E-state index contributed by atoms with van der Waals surface area (Å²) in [5.41, 5.74) is -1.49. The molecule has 1 saturated heterocycles. The maximum absolute atomic E-state index is 12.0. The van der Waals surface area contributed by atoms with Crippen molar-refractivity contribution in [1.82, 2.24) is 19.5 Å². The third-order valence-electron chi connectivity index (χ3n) is 2.80. The fraction of sp³-hybridized carbons (Fsp3) is 0.444. The predicted octanol–water partition coefficient (Wildman–Crippen LogP) is -0.985. The molecule has 1 fully saturated rings. The van der Waals surface area contributed by atoms with E-state index in [0.717, 1.165) is 11.0 Å². The normalized spacial score (nSPS) is 20.1. The monoisotopic (exact) mass is 238 g/mol. The van der Waals surface area contributed by atoms with Crippen LogP contribution in [0.15, 0.2) is 14.4 Å². The van der Waals surface area contributed by atoms with Crippen LogP contribution in [0.1, 0.15) is 19.1 Å². The van der Waals surface area contributed by atoms with Crippen molar-refractivity contribution in [1.29, 1.82) is 0 Å². The zero-order valence-electron chi connectivity index (χ0n) is 8.78. The number of aromatic nitrogens is 4. The summed E-state index contributed by atoms with van der Waals surface area (Å²) in [7, 11) is 0. The Morgan fingerprint density at radius 3 is 2.71 bits per heavy atom. The lowest BCUT2D eigenvalue weighted by molar-refractivity contribution is 0.0507. The largest absolute Gasteiger partial charge is 0.358 e. The Balaban J connectivity index is 2.34. The summed E-state index contributed by atoms with van der Waals surface area (Å²) in [5, 5.41) is 0. The van der Waals surface area contributed by atoms with Gasteiger partial charge >= 0.3 is 11.4 Å². The minimum absolute atomic E-state index is 0.0603. The fourth-order valence-electron chi connectivity index (χ4n) is 2.04. The molecule has 8 nitrogen and oxygen atoms in total. The second kappa shape index (κ2) is 3.45. The quantitative estimate of drug-likeness (QED) is 0.592. The third-order valence-corrected chi connectivity index (χ3v) is 2.80. The molecule has 1 unspecified atom stereocenters. The molecule has 3 heterocycles. The summed E-state index contributed by atoms with van der Waals surface area (Å²) in [6.07, 6.45) is 0.871. The number of imidazole rings is 1. The van der Waals surface area contributed by atoms with E-state index in [9.17, 15) is 14.4 Å². The maximum Gasteiger partial charge on any atom is 0.332 e. The van der Waals surface area contributed by atoms with Crippen molar-refractivity contribution < 1.29 is 4.74 Å². The number of nitrogens with zero attached hydrogens (tertiary/aromatic N) is 1. The second-order valence-corrected chi connectivity index (χ2v) is 3.90. The number of fused-ring (bicyclic) bond motifs is 1. The van der Waals surface area contributed by atoms with Crippen molar-refractivity contribution in [3.63, 3.8) is 0 Å². The van der Waals surface area contributed by atoms with Gasteiger partial charge < -0.3 is 4.74 Å². The van der Waals surface area contributed by atoms with Gasteiger partial charge in [-0.3, -0.25) is 19.7 Å². The number of ether oxygens (including phenoxy) is 1. The Bertz CT molecular complexity index is 728. The van der Waals surface area contributed by atoms with Crippen molar-refractivity contribution in [2.24, 2.45) is 0 Å². The van der Waals surface area contributed by atoms with Crippen LogP contribution in [-0.2, 0) is 4.74 Å². The minimum atomic E-state index is -0.579. The highest BCUT2D eigenvalue weighted by molar-refractivity contribution is 5.67. The van der Waals surface area contributed by atoms with Crippen molar-refractivity contribution in [2.45, 2.75) is 19.1 Å². The fourth-order valence-corrected chi connectivity index (χ4v) is 2.04. The molecule has 2 aromatic heterocycles. The van der Waals surface area contributed by atoms with Gasteiger partial charge in [0.2, 0.25) is 0 Å². The Hall–Kier alpha value is -2.09. The zero-order chi connectivity index (χ0) is 12.0. The van der Waals surface area contributed by atoms with Gasteiger partial charge in [0.25, 0.3) is 5.56 Å². The molecule has 0 aliphatic carbocycles. The van der Waals surface area contributed by atoms with E-state index in [1.165, 1.54) is 0 Å². The van der Waals surface area contributed by atoms with Crippen LogP contribution in [0, 0.1) is 0 Å². The maximum atomic E-state index is 12.0. The first-order valence-corrected chi connectivity index (χ1v) is 5.25. The van der Waals surface area contributed by atoms with Crippen LogP contribution in [0.3, 0.4) is 0 Å². The van der Waals surface area contributed by atoms with Gasteiger partial charge in [-0.2, -0.15) is 0 Å². The van der Waals surface area contributed by atoms with Gasteiger partial charge in [-0.15, -0.1) is 0 Å².